The zero-order chi connectivity index (χ0) is 21.2. The van der Waals surface area contributed by atoms with E-state index in [-0.39, 0.29) is 5.69 Å². The first-order chi connectivity index (χ1) is 15.2. The predicted molar refractivity (Wildman–Crippen MR) is 115 cm³/mol. The van der Waals surface area contributed by atoms with Crippen molar-refractivity contribution in [2.75, 3.05) is 42.3 Å². The lowest BCUT2D eigenvalue weighted by atomic mass is 10.1. The van der Waals surface area contributed by atoms with Crippen molar-refractivity contribution in [1.29, 1.82) is 0 Å². The Hall–Kier alpha value is -4.05. The summed E-state index contributed by atoms with van der Waals surface area (Å²) in [5, 5.41) is 2.75. The van der Waals surface area contributed by atoms with E-state index in [0.29, 0.717) is 60.7 Å². The summed E-state index contributed by atoms with van der Waals surface area (Å²) in [7, 11) is 0. The standard InChI is InChI=1S/C21H19N7O3/c22-14-3-4-15(24-18(14)13-2-1-7-23-12-13)19(29)26-17-6-5-16-20(27-17)31-21(25-16)28-8-10-30-11-9-28/h1-7,12H,8-11,22H2,(H,26,27,29). The van der Waals surface area contributed by atoms with Crippen molar-refractivity contribution in [1.82, 2.24) is 19.9 Å². The molecule has 0 aliphatic carbocycles. The molecule has 4 aromatic rings. The molecule has 4 aromatic heterocycles. The summed E-state index contributed by atoms with van der Waals surface area (Å²) in [6.07, 6.45) is 3.30. The molecule has 0 bridgehead atoms. The predicted octanol–water partition coefficient (Wildman–Crippen LogP) is 2.35. The molecule has 31 heavy (non-hydrogen) atoms. The molecule has 0 aromatic carbocycles. The molecule has 1 saturated heterocycles. The lowest BCUT2D eigenvalue weighted by Gasteiger charge is -2.24. The number of hydrogen-bond acceptors (Lipinski definition) is 9. The molecule has 10 heteroatoms. The maximum atomic E-state index is 12.8. The van der Waals surface area contributed by atoms with Gasteiger partial charge in [-0.1, -0.05) is 0 Å². The van der Waals surface area contributed by atoms with Gasteiger partial charge in [0.15, 0.2) is 0 Å². The number of hydrogen-bond donors (Lipinski definition) is 2. The Balaban J connectivity index is 1.37. The van der Waals surface area contributed by atoms with Crippen LogP contribution >= 0.6 is 0 Å². The summed E-state index contributed by atoms with van der Waals surface area (Å²) in [5.41, 5.74) is 8.89. The molecular formula is C21H19N7O3. The van der Waals surface area contributed by atoms with Crippen molar-refractivity contribution in [3.05, 3.63) is 54.5 Å². The average molecular weight is 417 g/mol. The Morgan fingerprint density at radius 1 is 1.06 bits per heavy atom. The lowest BCUT2D eigenvalue weighted by Crippen LogP contribution is -2.36. The van der Waals surface area contributed by atoms with E-state index in [0.717, 1.165) is 5.56 Å². The van der Waals surface area contributed by atoms with E-state index in [4.69, 9.17) is 14.9 Å². The number of nitrogens with two attached hydrogens (primary N) is 1. The molecule has 0 unspecified atom stereocenters. The minimum absolute atomic E-state index is 0.210. The zero-order valence-electron chi connectivity index (χ0n) is 16.5. The molecule has 0 spiro atoms. The van der Waals surface area contributed by atoms with E-state index >= 15 is 0 Å². The highest BCUT2D eigenvalue weighted by Crippen LogP contribution is 2.25. The summed E-state index contributed by atoms with van der Waals surface area (Å²) in [6, 6.07) is 10.7. The first kappa shape index (κ1) is 18.9. The van der Waals surface area contributed by atoms with E-state index in [1.165, 1.54) is 0 Å². The van der Waals surface area contributed by atoms with Crippen LogP contribution in [0.1, 0.15) is 10.5 Å². The fourth-order valence-corrected chi connectivity index (χ4v) is 3.28. The van der Waals surface area contributed by atoms with Crippen LogP contribution in [0.5, 0.6) is 0 Å². The quantitative estimate of drug-likeness (QED) is 0.513. The number of carbonyl (C=O) groups excluding carboxylic acids is 1. The number of morpholine rings is 1. The lowest BCUT2D eigenvalue weighted by molar-refractivity contribution is 0.102. The molecule has 5 rings (SSSR count). The van der Waals surface area contributed by atoms with Crippen LogP contribution < -0.4 is 16.0 Å². The van der Waals surface area contributed by atoms with Crippen LogP contribution in [0.15, 0.2) is 53.2 Å². The molecule has 0 saturated carbocycles. The first-order valence-electron chi connectivity index (χ1n) is 9.76. The molecule has 1 amide bonds. The molecule has 1 aliphatic heterocycles. The third-order valence-electron chi connectivity index (χ3n) is 4.86. The number of oxazole rings is 1. The SMILES string of the molecule is Nc1ccc(C(=O)Nc2ccc3nc(N4CCOCC4)oc3n2)nc1-c1cccnc1. The highest BCUT2D eigenvalue weighted by atomic mass is 16.5. The fraction of sp³-hybridized carbons (Fsp3) is 0.190. The van der Waals surface area contributed by atoms with Gasteiger partial charge in [-0.05, 0) is 36.4 Å². The molecule has 3 N–H and O–H groups in total. The van der Waals surface area contributed by atoms with Crippen LogP contribution in [0, 0.1) is 0 Å². The molecule has 156 valence electrons. The second kappa shape index (κ2) is 8.00. The summed E-state index contributed by atoms with van der Waals surface area (Å²) in [5.74, 6) is -0.0753. The normalized spacial score (nSPS) is 14.0. The number of amides is 1. The highest BCUT2D eigenvalue weighted by molar-refractivity contribution is 6.03. The van der Waals surface area contributed by atoms with Gasteiger partial charge >= 0.3 is 0 Å². The van der Waals surface area contributed by atoms with Crippen LogP contribution in [0.3, 0.4) is 0 Å². The van der Waals surface area contributed by atoms with E-state index in [2.05, 4.69) is 25.3 Å². The summed E-state index contributed by atoms with van der Waals surface area (Å²) >= 11 is 0. The van der Waals surface area contributed by atoms with Crippen LogP contribution in [-0.4, -0.2) is 52.1 Å². The Kier molecular flexibility index (Phi) is 4.89. The van der Waals surface area contributed by atoms with Crippen LogP contribution in [0.25, 0.3) is 22.5 Å². The van der Waals surface area contributed by atoms with Gasteiger partial charge in [0.05, 0.1) is 24.6 Å². The number of nitrogens with one attached hydrogen (secondary N) is 1. The molecule has 0 atom stereocenters. The number of carbonyl (C=O) groups is 1. The Morgan fingerprint density at radius 2 is 1.94 bits per heavy atom. The third-order valence-corrected chi connectivity index (χ3v) is 4.86. The van der Waals surface area contributed by atoms with Crippen molar-refractivity contribution in [3.8, 4) is 11.3 Å². The van der Waals surface area contributed by atoms with Gasteiger partial charge < -0.3 is 25.1 Å². The van der Waals surface area contributed by atoms with Crippen LogP contribution in [-0.2, 0) is 4.74 Å². The Bertz CT molecular complexity index is 1240. The highest BCUT2D eigenvalue weighted by Gasteiger charge is 2.18. The smallest absolute Gasteiger partial charge is 0.299 e. The third kappa shape index (κ3) is 3.88. The van der Waals surface area contributed by atoms with Crippen molar-refractivity contribution in [3.63, 3.8) is 0 Å². The molecule has 10 nitrogen and oxygen atoms in total. The fourth-order valence-electron chi connectivity index (χ4n) is 3.28. The number of fused-ring (bicyclic) bond motifs is 1. The number of rotatable bonds is 4. The molecule has 1 fully saturated rings. The largest absolute Gasteiger partial charge is 0.404 e. The molecule has 5 heterocycles. The van der Waals surface area contributed by atoms with E-state index < -0.39 is 5.91 Å². The number of ether oxygens (including phenoxy) is 1. The molecular weight excluding hydrogens is 398 g/mol. The summed E-state index contributed by atoms with van der Waals surface area (Å²) < 4.78 is 11.1. The van der Waals surface area contributed by atoms with Gasteiger partial charge in [-0.15, -0.1) is 0 Å². The summed E-state index contributed by atoms with van der Waals surface area (Å²) in [6.45, 7) is 2.67. The number of pyridine rings is 3. The van der Waals surface area contributed by atoms with E-state index in [9.17, 15) is 4.79 Å². The Morgan fingerprint density at radius 3 is 2.74 bits per heavy atom. The maximum absolute atomic E-state index is 12.8. The second-order valence-corrected chi connectivity index (χ2v) is 6.95. The van der Waals surface area contributed by atoms with Crippen molar-refractivity contribution in [2.24, 2.45) is 0 Å². The number of aromatic nitrogens is 4. The van der Waals surface area contributed by atoms with Crippen molar-refractivity contribution >= 4 is 34.7 Å². The van der Waals surface area contributed by atoms with Gasteiger partial charge in [0.25, 0.3) is 17.6 Å². The van der Waals surface area contributed by atoms with Crippen molar-refractivity contribution in [2.45, 2.75) is 0 Å². The average Bonchev–Trinajstić information content (AvgIpc) is 3.24. The number of nitrogen functional groups attached to an aromatic ring is 1. The van der Waals surface area contributed by atoms with Crippen LogP contribution in [0.2, 0.25) is 0 Å². The van der Waals surface area contributed by atoms with Gasteiger partial charge in [0, 0.05) is 31.0 Å². The Labute approximate surface area is 177 Å². The van der Waals surface area contributed by atoms with E-state index in [1.807, 2.05) is 11.0 Å². The molecule has 1 aliphatic rings. The van der Waals surface area contributed by atoms with Crippen molar-refractivity contribution < 1.29 is 13.9 Å². The zero-order valence-corrected chi connectivity index (χ0v) is 16.5. The minimum atomic E-state index is -0.412. The van der Waals surface area contributed by atoms with Crippen LogP contribution in [0.4, 0.5) is 17.5 Å². The summed E-state index contributed by atoms with van der Waals surface area (Å²) in [4.78, 5) is 32.1. The monoisotopic (exact) mass is 417 g/mol. The minimum Gasteiger partial charge on any atom is -0.404 e. The van der Waals surface area contributed by atoms with Gasteiger partial charge in [-0.3, -0.25) is 9.78 Å². The molecule has 0 radical (unpaired) electrons. The second-order valence-electron chi connectivity index (χ2n) is 6.95. The van der Waals surface area contributed by atoms with Gasteiger partial charge in [0.1, 0.15) is 17.0 Å². The van der Waals surface area contributed by atoms with Gasteiger partial charge in [0.2, 0.25) is 0 Å². The van der Waals surface area contributed by atoms with Gasteiger partial charge in [-0.25, -0.2) is 4.98 Å². The topological polar surface area (TPSA) is 132 Å². The first-order valence-corrected chi connectivity index (χ1v) is 9.76. The van der Waals surface area contributed by atoms with E-state index in [1.54, 1.807) is 42.7 Å². The maximum Gasteiger partial charge on any atom is 0.299 e. The number of nitrogens with zero attached hydrogens (tertiary/aromatic N) is 5. The number of anilines is 3. The van der Waals surface area contributed by atoms with Gasteiger partial charge in [-0.2, -0.15) is 9.97 Å².